The molecule has 13 heavy (non-hydrogen) atoms. The molecule has 0 aliphatic heterocycles. The maximum absolute atomic E-state index is 10.7. The molecule has 0 N–H and O–H groups in total. The van der Waals surface area contributed by atoms with Gasteiger partial charge in [0, 0.05) is 0 Å². The first-order valence-electron chi connectivity index (χ1n) is 3.38. The van der Waals surface area contributed by atoms with Crippen LogP contribution in [-0.4, -0.2) is 24.9 Å². The van der Waals surface area contributed by atoms with Crippen LogP contribution in [0.2, 0.25) is 0 Å². The Balaban J connectivity index is 0. The van der Waals surface area contributed by atoms with E-state index < -0.39 is 17.8 Å². The summed E-state index contributed by atoms with van der Waals surface area (Å²) in [6, 6.07) is 0. The molecule has 0 unspecified atom stereocenters. The second-order valence-electron chi connectivity index (χ2n) is 3.06. The average Bonchev–Trinajstić information content (AvgIpc) is 1.82. The zero-order chi connectivity index (χ0) is 9.78. The maximum atomic E-state index is 10.7. The Morgan fingerprint density at radius 1 is 1.15 bits per heavy atom. The van der Waals surface area contributed by atoms with Gasteiger partial charge in [-0.2, -0.15) is 0 Å². The number of hydrogen-bond acceptors (Lipinski definition) is 4. The summed E-state index contributed by atoms with van der Waals surface area (Å²) >= 11 is 0. The molecule has 0 fully saturated rings. The number of amides is 2. The molecule has 0 bridgehead atoms. The summed E-state index contributed by atoms with van der Waals surface area (Å²) in [6.07, 6.45) is -1.89. The molecule has 0 heterocycles. The van der Waals surface area contributed by atoms with E-state index in [1.165, 1.54) is 0 Å². The SMILES string of the molecule is COC(=O)[N-]C(=O)OC(C)(C)C.[K+]. The molecule has 6 heteroatoms. The fourth-order valence-electron chi connectivity index (χ4n) is 0.405. The minimum Gasteiger partial charge on any atom is -0.524 e. The van der Waals surface area contributed by atoms with E-state index in [0.29, 0.717) is 0 Å². The first-order chi connectivity index (χ1) is 5.35. The van der Waals surface area contributed by atoms with Crippen LogP contribution in [0, 0.1) is 0 Å². The first-order valence-corrected chi connectivity index (χ1v) is 3.38. The van der Waals surface area contributed by atoms with Gasteiger partial charge >= 0.3 is 51.4 Å². The smallest absolute Gasteiger partial charge is 0.524 e. The molecular weight excluding hydrogens is 201 g/mol. The summed E-state index contributed by atoms with van der Waals surface area (Å²) in [5.41, 5.74) is -0.644. The Hall–Kier alpha value is 0.376. The van der Waals surface area contributed by atoms with Gasteiger partial charge in [0.2, 0.25) is 12.2 Å². The fraction of sp³-hybridized carbons (Fsp3) is 0.714. The predicted molar refractivity (Wildman–Crippen MR) is 42.0 cm³/mol. The normalized spacial score (nSPS) is 9.54. The molecule has 0 radical (unpaired) electrons. The molecule has 2 amide bonds. The Kier molecular flexibility index (Phi) is 8.25. The summed E-state index contributed by atoms with van der Waals surface area (Å²) in [4.78, 5) is 21.2. The number of imide groups is 1. The molecule has 5 nitrogen and oxygen atoms in total. The zero-order valence-electron chi connectivity index (χ0n) is 8.58. The van der Waals surface area contributed by atoms with Crippen LogP contribution in [-0.2, 0) is 9.47 Å². The van der Waals surface area contributed by atoms with E-state index in [9.17, 15) is 9.59 Å². The van der Waals surface area contributed by atoms with Gasteiger partial charge in [-0.15, -0.1) is 0 Å². The van der Waals surface area contributed by atoms with Gasteiger partial charge in [0.05, 0.1) is 7.11 Å². The van der Waals surface area contributed by atoms with Crippen molar-refractivity contribution in [1.82, 2.24) is 0 Å². The number of carbonyl (C=O) groups excluding carboxylic acids is 2. The van der Waals surface area contributed by atoms with Gasteiger partial charge in [0.15, 0.2) is 0 Å². The van der Waals surface area contributed by atoms with Crippen LogP contribution >= 0.6 is 0 Å². The Morgan fingerprint density at radius 3 is 1.92 bits per heavy atom. The van der Waals surface area contributed by atoms with Crippen molar-refractivity contribution in [3.8, 4) is 0 Å². The number of ether oxygens (including phenoxy) is 2. The van der Waals surface area contributed by atoms with Crippen LogP contribution in [0.5, 0.6) is 0 Å². The molecule has 0 saturated heterocycles. The zero-order valence-corrected chi connectivity index (χ0v) is 11.7. The van der Waals surface area contributed by atoms with E-state index in [1.807, 2.05) is 0 Å². The molecule has 0 aliphatic rings. The summed E-state index contributed by atoms with van der Waals surface area (Å²) < 4.78 is 8.83. The van der Waals surface area contributed by atoms with Crippen LogP contribution in [0.4, 0.5) is 9.59 Å². The van der Waals surface area contributed by atoms with E-state index in [1.54, 1.807) is 20.8 Å². The quantitative estimate of drug-likeness (QED) is 0.487. The molecule has 0 aromatic carbocycles. The number of methoxy groups -OCH3 is 1. The number of nitrogens with zero attached hydrogens (tertiary/aromatic N) is 1. The van der Waals surface area contributed by atoms with Crippen molar-refractivity contribution in [3.63, 3.8) is 0 Å². The Morgan fingerprint density at radius 2 is 1.62 bits per heavy atom. The van der Waals surface area contributed by atoms with E-state index in [4.69, 9.17) is 4.74 Å². The van der Waals surface area contributed by atoms with Gasteiger partial charge in [-0.1, -0.05) is 0 Å². The summed E-state index contributed by atoms with van der Waals surface area (Å²) in [5, 5.41) is 2.96. The van der Waals surface area contributed by atoms with Crippen molar-refractivity contribution >= 4 is 12.2 Å². The Labute approximate surface area is 120 Å². The topological polar surface area (TPSA) is 66.7 Å². The molecule has 0 saturated carbocycles. The molecule has 0 rings (SSSR count). The molecule has 0 aromatic rings. The van der Waals surface area contributed by atoms with Crippen molar-refractivity contribution in [3.05, 3.63) is 5.32 Å². The van der Waals surface area contributed by atoms with Crippen molar-refractivity contribution in [1.29, 1.82) is 0 Å². The van der Waals surface area contributed by atoms with Gasteiger partial charge in [-0.25, -0.2) is 0 Å². The molecule has 0 spiro atoms. The third-order valence-corrected chi connectivity index (χ3v) is 0.751. The minimum atomic E-state index is -0.954. The van der Waals surface area contributed by atoms with E-state index in [0.717, 1.165) is 7.11 Å². The standard InChI is InChI=1S/C7H13NO4.K/c1-7(2,3)12-6(10)8-5(9)11-4;/h1-4H3,(H,8,9,10);/q;+1/p-1. The second kappa shape index (κ2) is 6.77. The van der Waals surface area contributed by atoms with Crippen molar-refractivity contribution in [2.75, 3.05) is 7.11 Å². The first kappa shape index (κ1) is 15.8. The van der Waals surface area contributed by atoms with E-state index in [2.05, 4.69) is 10.1 Å². The third-order valence-electron chi connectivity index (χ3n) is 0.751. The van der Waals surface area contributed by atoms with Gasteiger partial charge in [0.25, 0.3) is 0 Å². The van der Waals surface area contributed by atoms with Crippen LogP contribution in [0.15, 0.2) is 0 Å². The molecule has 0 aliphatic carbocycles. The van der Waals surface area contributed by atoms with Crippen molar-refractivity contribution in [2.24, 2.45) is 0 Å². The minimum absolute atomic E-state index is 0. The predicted octanol–water partition coefficient (Wildman–Crippen LogP) is -0.934. The second-order valence-corrected chi connectivity index (χ2v) is 3.06. The number of hydrogen-bond donors (Lipinski definition) is 0. The summed E-state index contributed by atoms with van der Waals surface area (Å²) in [7, 11) is 1.14. The largest absolute Gasteiger partial charge is 1.00 e. The number of rotatable bonds is 0. The monoisotopic (exact) mass is 213 g/mol. The number of carbonyl (C=O) groups is 2. The molecule has 0 aromatic heterocycles. The summed E-state index contributed by atoms with van der Waals surface area (Å²) in [5.74, 6) is 0. The fourth-order valence-corrected chi connectivity index (χ4v) is 0.405. The van der Waals surface area contributed by atoms with Crippen LogP contribution < -0.4 is 51.4 Å². The average molecular weight is 213 g/mol. The third kappa shape index (κ3) is 10.3. The molecule has 70 valence electrons. The van der Waals surface area contributed by atoms with Crippen molar-refractivity contribution in [2.45, 2.75) is 26.4 Å². The van der Waals surface area contributed by atoms with Crippen molar-refractivity contribution < 1.29 is 70.4 Å². The van der Waals surface area contributed by atoms with E-state index >= 15 is 0 Å². The maximum Gasteiger partial charge on any atom is 1.00 e. The van der Waals surface area contributed by atoms with E-state index in [-0.39, 0.29) is 51.4 Å². The van der Waals surface area contributed by atoms with Gasteiger partial charge in [-0.3, -0.25) is 9.59 Å². The van der Waals surface area contributed by atoms with Crippen LogP contribution in [0.1, 0.15) is 20.8 Å². The Bertz CT molecular complexity index is 187. The van der Waals surface area contributed by atoms with Crippen LogP contribution in [0.3, 0.4) is 0 Å². The van der Waals surface area contributed by atoms with Gasteiger partial charge in [0.1, 0.15) is 5.60 Å². The summed E-state index contributed by atoms with van der Waals surface area (Å²) in [6.45, 7) is 5.03. The van der Waals surface area contributed by atoms with Gasteiger partial charge < -0.3 is 14.8 Å². The molecular formula is C7H12KNO4. The molecule has 0 atom stereocenters. The van der Waals surface area contributed by atoms with Gasteiger partial charge in [-0.05, 0) is 20.8 Å². The van der Waals surface area contributed by atoms with Crippen LogP contribution in [0.25, 0.3) is 5.32 Å².